The minimum atomic E-state index is -1.51. The van der Waals surface area contributed by atoms with Gasteiger partial charge in [0.1, 0.15) is 5.69 Å². The Hall–Kier alpha value is -1.23. The van der Waals surface area contributed by atoms with E-state index in [4.69, 9.17) is 5.11 Å². The Morgan fingerprint density at radius 2 is 2.17 bits per heavy atom. The first kappa shape index (κ1) is 8.86. The molecule has 0 saturated heterocycles. The summed E-state index contributed by atoms with van der Waals surface area (Å²) >= 11 is 3.02. The molecule has 12 heavy (non-hydrogen) atoms. The van der Waals surface area contributed by atoms with Crippen LogP contribution >= 0.6 is 15.9 Å². The van der Waals surface area contributed by atoms with E-state index in [9.17, 15) is 9.59 Å². The van der Waals surface area contributed by atoms with Crippen LogP contribution in [-0.4, -0.2) is 21.8 Å². The lowest BCUT2D eigenvalue weighted by Gasteiger charge is -1.96. The Morgan fingerprint density at radius 1 is 1.50 bits per heavy atom. The van der Waals surface area contributed by atoms with E-state index in [2.05, 4.69) is 20.9 Å². The fourth-order valence-electron chi connectivity index (χ4n) is 0.654. The van der Waals surface area contributed by atoms with E-state index in [1.807, 2.05) is 0 Å². The van der Waals surface area contributed by atoms with Gasteiger partial charge in [0.15, 0.2) is 0 Å². The highest BCUT2D eigenvalue weighted by atomic mass is 79.9. The van der Waals surface area contributed by atoms with Crippen molar-refractivity contribution in [3.63, 3.8) is 0 Å². The number of ketones is 1. The SMILES string of the molecule is O=C(O)C(=O)c1ncccc1Br. The molecule has 1 rings (SSSR count). The Morgan fingerprint density at radius 3 is 2.67 bits per heavy atom. The van der Waals surface area contributed by atoms with Gasteiger partial charge < -0.3 is 5.11 Å². The summed E-state index contributed by atoms with van der Waals surface area (Å²) in [7, 11) is 0. The predicted octanol–water partition coefficient (Wildman–Crippen LogP) is 1.11. The van der Waals surface area contributed by atoms with Gasteiger partial charge in [-0.1, -0.05) is 0 Å². The van der Waals surface area contributed by atoms with E-state index < -0.39 is 11.8 Å². The molecule has 1 N–H and O–H groups in total. The Bertz CT molecular complexity index is 337. The van der Waals surface area contributed by atoms with Crippen LogP contribution in [0.3, 0.4) is 0 Å². The molecule has 0 radical (unpaired) electrons. The van der Waals surface area contributed by atoms with Gasteiger partial charge in [0, 0.05) is 10.7 Å². The van der Waals surface area contributed by atoms with Crippen molar-refractivity contribution < 1.29 is 14.7 Å². The van der Waals surface area contributed by atoms with Crippen molar-refractivity contribution in [1.29, 1.82) is 0 Å². The molecule has 0 saturated carbocycles. The quantitative estimate of drug-likeness (QED) is 0.610. The third kappa shape index (κ3) is 1.68. The first-order chi connectivity index (χ1) is 5.63. The van der Waals surface area contributed by atoms with Crippen LogP contribution in [0.15, 0.2) is 22.8 Å². The van der Waals surface area contributed by atoms with Crippen LogP contribution in [0.4, 0.5) is 0 Å². The lowest BCUT2D eigenvalue weighted by molar-refractivity contribution is -0.131. The Balaban J connectivity index is 3.11. The van der Waals surface area contributed by atoms with Crippen molar-refractivity contribution >= 4 is 27.7 Å². The molecule has 1 aromatic heterocycles. The zero-order chi connectivity index (χ0) is 9.14. The molecule has 0 amide bonds. The van der Waals surface area contributed by atoms with Crippen LogP contribution < -0.4 is 0 Å². The number of aromatic nitrogens is 1. The zero-order valence-electron chi connectivity index (χ0n) is 5.82. The minimum absolute atomic E-state index is 0.0787. The summed E-state index contributed by atoms with van der Waals surface area (Å²) in [5.74, 6) is -2.52. The second-order valence-corrected chi connectivity index (χ2v) is 2.82. The van der Waals surface area contributed by atoms with Crippen molar-refractivity contribution in [2.24, 2.45) is 0 Å². The van der Waals surface area contributed by atoms with E-state index in [1.165, 1.54) is 6.20 Å². The topological polar surface area (TPSA) is 67.3 Å². The number of hydrogen-bond donors (Lipinski definition) is 1. The normalized spacial score (nSPS) is 9.42. The number of hydrogen-bond acceptors (Lipinski definition) is 3. The van der Waals surface area contributed by atoms with Gasteiger partial charge in [0.05, 0.1) is 0 Å². The highest BCUT2D eigenvalue weighted by Gasteiger charge is 2.18. The van der Waals surface area contributed by atoms with E-state index in [1.54, 1.807) is 12.1 Å². The molecule has 0 atom stereocenters. The van der Waals surface area contributed by atoms with E-state index in [-0.39, 0.29) is 5.69 Å². The lowest BCUT2D eigenvalue weighted by atomic mass is 10.2. The van der Waals surface area contributed by atoms with Gasteiger partial charge in [-0.15, -0.1) is 0 Å². The predicted molar refractivity (Wildman–Crippen MR) is 43.9 cm³/mol. The van der Waals surface area contributed by atoms with Crippen LogP contribution in [0, 0.1) is 0 Å². The number of rotatable bonds is 2. The van der Waals surface area contributed by atoms with Gasteiger partial charge in [-0.2, -0.15) is 0 Å². The number of Topliss-reactive ketones (excluding diaryl/α,β-unsaturated/α-hetero) is 1. The third-order valence-electron chi connectivity index (χ3n) is 1.17. The Kier molecular flexibility index (Phi) is 2.54. The van der Waals surface area contributed by atoms with Crippen LogP contribution in [0.2, 0.25) is 0 Å². The van der Waals surface area contributed by atoms with Crippen molar-refractivity contribution in [2.45, 2.75) is 0 Å². The van der Waals surface area contributed by atoms with Gasteiger partial charge in [-0.05, 0) is 28.1 Å². The monoisotopic (exact) mass is 229 g/mol. The number of carboxylic acids is 1. The highest BCUT2D eigenvalue weighted by molar-refractivity contribution is 9.10. The van der Waals surface area contributed by atoms with Gasteiger partial charge in [0.25, 0.3) is 5.78 Å². The number of nitrogens with zero attached hydrogens (tertiary/aromatic N) is 1. The molecule has 5 heteroatoms. The number of carboxylic acid groups (broad SMARTS) is 1. The summed E-state index contributed by atoms with van der Waals surface area (Å²) in [6.45, 7) is 0. The fraction of sp³-hybridized carbons (Fsp3) is 0. The Labute approximate surface area is 76.4 Å². The van der Waals surface area contributed by atoms with Gasteiger partial charge in [-0.3, -0.25) is 9.78 Å². The summed E-state index contributed by atoms with van der Waals surface area (Å²) in [6, 6.07) is 3.16. The molecular weight excluding hydrogens is 226 g/mol. The molecule has 62 valence electrons. The van der Waals surface area contributed by atoms with Crippen molar-refractivity contribution in [2.75, 3.05) is 0 Å². The van der Waals surface area contributed by atoms with Crippen LogP contribution in [0.1, 0.15) is 10.5 Å². The van der Waals surface area contributed by atoms with Crippen LogP contribution in [0.25, 0.3) is 0 Å². The summed E-state index contributed by atoms with van der Waals surface area (Å²) in [5, 5.41) is 8.35. The highest BCUT2D eigenvalue weighted by Crippen LogP contribution is 2.13. The summed E-state index contributed by atoms with van der Waals surface area (Å²) in [5.41, 5.74) is -0.0787. The molecule has 4 nitrogen and oxygen atoms in total. The molecule has 1 heterocycles. The maximum atomic E-state index is 10.9. The maximum absolute atomic E-state index is 10.9. The van der Waals surface area contributed by atoms with Gasteiger partial charge in [-0.25, -0.2) is 4.79 Å². The molecule has 0 unspecified atom stereocenters. The fourth-order valence-corrected chi connectivity index (χ4v) is 1.09. The van der Waals surface area contributed by atoms with Crippen molar-refractivity contribution in [3.05, 3.63) is 28.5 Å². The first-order valence-electron chi connectivity index (χ1n) is 3.01. The lowest BCUT2D eigenvalue weighted by Crippen LogP contribution is -2.14. The van der Waals surface area contributed by atoms with Crippen LogP contribution in [-0.2, 0) is 4.79 Å². The molecule has 0 bridgehead atoms. The molecule has 0 spiro atoms. The van der Waals surface area contributed by atoms with Crippen molar-refractivity contribution in [3.8, 4) is 0 Å². The van der Waals surface area contributed by atoms with Gasteiger partial charge in [0.2, 0.25) is 0 Å². The number of halogens is 1. The second kappa shape index (κ2) is 3.44. The van der Waals surface area contributed by atoms with E-state index in [0.29, 0.717) is 4.47 Å². The molecule has 0 fully saturated rings. The smallest absolute Gasteiger partial charge is 0.378 e. The standard InChI is InChI=1S/C7H4BrNO3/c8-4-2-1-3-9-5(4)6(10)7(11)12/h1-3H,(H,11,12). The van der Waals surface area contributed by atoms with E-state index in [0.717, 1.165) is 0 Å². The number of carbonyl (C=O) groups excluding carboxylic acids is 1. The first-order valence-corrected chi connectivity index (χ1v) is 3.80. The largest absolute Gasteiger partial charge is 0.475 e. The van der Waals surface area contributed by atoms with Gasteiger partial charge >= 0.3 is 5.97 Å². The average molecular weight is 230 g/mol. The molecule has 0 aliphatic carbocycles. The number of aliphatic carboxylic acids is 1. The summed E-state index contributed by atoms with van der Waals surface area (Å²) in [4.78, 5) is 24.7. The molecule has 0 aromatic carbocycles. The molecule has 0 aliphatic rings. The maximum Gasteiger partial charge on any atom is 0.378 e. The molecule has 1 aromatic rings. The second-order valence-electron chi connectivity index (χ2n) is 1.97. The van der Waals surface area contributed by atoms with Crippen LogP contribution in [0.5, 0.6) is 0 Å². The summed E-state index contributed by atoms with van der Waals surface area (Å²) in [6.07, 6.45) is 1.36. The van der Waals surface area contributed by atoms with Crippen molar-refractivity contribution in [1.82, 2.24) is 4.98 Å². The number of pyridine rings is 1. The minimum Gasteiger partial charge on any atom is -0.475 e. The molecule has 0 aliphatic heterocycles. The third-order valence-corrected chi connectivity index (χ3v) is 1.81. The zero-order valence-corrected chi connectivity index (χ0v) is 7.41. The average Bonchev–Trinajstić information content (AvgIpc) is 2.04. The van der Waals surface area contributed by atoms with E-state index >= 15 is 0 Å². The summed E-state index contributed by atoms with van der Waals surface area (Å²) < 4.78 is 0.386. The number of carbonyl (C=O) groups is 2. The molecular formula is C7H4BrNO3.